The van der Waals surface area contributed by atoms with Gasteiger partial charge in [0.05, 0.1) is 5.56 Å². The third kappa shape index (κ3) is 4.24. The molecule has 1 fully saturated rings. The Labute approximate surface area is 170 Å². The first-order valence-electron chi connectivity index (χ1n) is 9.84. The number of carbonyl (C=O) groups is 2. The molecular weight excluding hydrogens is 364 g/mol. The number of esters is 1. The van der Waals surface area contributed by atoms with E-state index in [9.17, 15) is 9.59 Å². The van der Waals surface area contributed by atoms with Crippen molar-refractivity contribution < 1.29 is 14.3 Å². The zero-order valence-corrected chi connectivity index (χ0v) is 16.6. The average molecular weight is 388 g/mol. The fourth-order valence-corrected chi connectivity index (χ4v) is 3.40. The van der Waals surface area contributed by atoms with Crippen LogP contribution in [0.2, 0.25) is 0 Å². The average Bonchev–Trinajstić information content (AvgIpc) is 3.49. The summed E-state index contributed by atoms with van der Waals surface area (Å²) in [6, 6.07) is 20.7. The molecule has 1 unspecified atom stereocenters. The fraction of sp³-hybridized carbons (Fsp3) is 0.250. The van der Waals surface area contributed by atoms with E-state index in [-0.39, 0.29) is 11.9 Å². The molecule has 1 aliphatic carbocycles. The summed E-state index contributed by atoms with van der Waals surface area (Å²) in [5.41, 5.74) is 4.30. The largest absolute Gasteiger partial charge is 0.444 e. The van der Waals surface area contributed by atoms with Gasteiger partial charge in [-0.25, -0.2) is 4.79 Å². The van der Waals surface area contributed by atoms with Crippen LogP contribution in [0.4, 0.5) is 0 Å². The highest BCUT2D eigenvalue weighted by Gasteiger charge is 2.31. The van der Waals surface area contributed by atoms with E-state index in [0.29, 0.717) is 11.1 Å². The Bertz CT molecular complexity index is 999. The van der Waals surface area contributed by atoms with Crippen LogP contribution in [0.5, 0.6) is 0 Å². The first kappa shape index (κ1) is 19.0. The summed E-state index contributed by atoms with van der Waals surface area (Å²) in [4.78, 5) is 25.4. The highest BCUT2D eigenvalue weighted by atomic mass is 16.5. The molecule has 0 saturated heterocycles. The SMILES string of the molecule is Cc1ccc(C)n1-c1ccc(C(=O)OC(C(=O)NC2CC2)c2ccccc2)cc1. The lowest BCUT2D eigenvalue weighted by Gasteiger charge is -2.18. The Morgan fingerprint density at radius 1 is 0.931 bits per heavy atom. The monoisotopic (exact) mass is 388 g/mol. The summed E-state index contributed by atoms with van der Waals surface area (Å²) in [6.45, 7) is 4.08. The van der Waals surface area contributed by atoms with Crippen molar-refractivity contribution in [2.75, 3.05) is 0 Å². The number of nitrogens with zero attached hydrogens (tertiary/aromatic N) is 1. The number of nitrogens with one attached hydrogen (secondary N) is 1. The Morgan fingerprint density at radius 2 is 1.55 bits per heavy atom. The molecule has 5 nitrogen and oxygen atoms in total. The number of amides is 1. The lowest BCUT2D eigenvalue weighted by molar-refractivity contribution is -0.130. The Balaban J connectivity index is 1.53. The lowest BCUT2D eigenvalue weighted by atomic mass is 10.1. The van der Waals surface area contributed by atoms with Gasteiger partial charge < -0.3 is 14.6 Å². The van der Waals surface area contributed by atoms with Crippen LogP contribution >= 0.6 is 0 Å². The number of hydrogen-bond acceptors (Lipinski definition) is 3. The van der Waals surface area contributed by atoms with Crippen LogP contribution < -0.4 is 5.32 Å². The van der Waals surface area contributed by atoms with Crippen molar-refractivity contribution in [3.8, 4) is 5.69 Å². The Kier molecular flexibility index (Phi) is 5.21. The molecule has 0 spiro atoms. The van der Waals surface area contributed by atoms with Gasteiger partial charge in [-0.1, -0.05) is 30.3 Å². The molecule has 4 rings (SSSR count). The van der Waals surface area contributed by atoms with Gasteiger partial charge in [0, 0.05) is 28.7 Å². The standard InChI is InChI=1S/C24H24N2O3/c1-16-8-9-17(2)26(16)21-14-10-19(11-15-21)24(28)29-22(18-6-4-3-5-7-18)23(27)25-20-12-13-20/h3-11,14-15,20,22H,12-13H2,1-2H3,(H,25,27). The molecular formula is C24H24N2O3. The topological polar surface area (TPSA) is 60.3 Å². The first-order valence-corrected chi connectivity index (χ1v) is 9.84. The quantitative estimate of drug-likeness (QED) is 0.642. The summed E-state index contributed by atoms with van der Waals surface area (Å²) in [6.07, 6.45) is 0.986. The third-order valence-corrected chi connectivity index (χ3v) is 5.12. The van der Waals surface area contributed by atoms with Gasteiger partial charge in [0.2, 0.25) is 6.10 Å². The molecule has 0 bridgehead atoms. The van der Waals surface area contributed by atoms with Crippen molar-refractivity contribution in [1.82, 2.24) is 9.88 Å². The summed E-state index contributed by atoms with van der Waals surface area (Å²) in [5, 5.41) is 2.93. The zero-order chi connectivity index (χ0) is 20.4. The van der Waals surface area contributed by atoms with Crippen LogP contribution in [0, 0.1) is 13.8 Å². The maximum Gasteiger partial charge on any atom is 0.339 e. The predicted molar refractivity (Wildman–Crippen MR) is 111 cm³/mol. The minimum atomic E-state index is -0.960. The molecule has 5 heteroatoms. The van der Waals surface area contributed by atoms with E-state index in [1.54, 1.807) is 24.3 Å². The minimum Gasteiger partial charge on any atom is -0.444 e. The highest BCUT2D eigenvalue weighted by Crippen LogP contribution is 2.24. The maximum atomic E-state index is 12.8. The van der Waals surface area contributed by atoms with Crippen LogP contribution in [-0.2, 0) is 9.53 Å². The van der Waals surface area contributed by atoms with Gasteiger partial charge in [-0.3, -0.25) is 4.79 Å². The van der Waals surface area contributed by atoms with E-state index in [1.165, 1.54) is 0 Å². The summed E-state index contributed by atoms with van der Waals surface area (Å²) in [5.74, 6) is -0.792. The number of aryl methyl sites for hydroxylation is 2. The van der Waals surface area contributed by atoms with Gasteiger partial charge in [-0.05, 0) is 63.1 Å². The molecule has 1 amide bonds. The first-order chi connectivity index (χ1) is 14.0. The van der Waals surface area contributed by atoms with Crippen molar-refractivity contribution in [3.63, 3.8) is 0 Å². The Morgan fingerprint density at radius 3 is 2.14 bits per heavy atom. The molecule has 3 aromatic rings. The number of aromatic nitrogens is 1. The molecule has 1 N–H and O–H groups in total. The molecule has 0 aliphatic heterocycles. The summed E-state index contributed by atoms with van der Waals surface area (Å²) in [7, 11) is 0. The molecule has 29 heavy (non-hydrogen) atoms. The highest BCUT2D eigenvalue weighted by molar-refractivity contribution is 5.93. The number of benzene rings is 2. The normalized spacial score (nSPS) is 14.3. The van der Waals surface area contributed by atoms with Gasteiger partial charge in [0.1, 0.15) is 0 Å². The molecule has 1 atom stereocenters. The van der Waals surface area contributed by atoms with Crippen LogP contribution in [0.1, 0.15) is 46.3 Å². The summed E-state index contributed by atoms with van der Waals surface area (Å²) >= 11 is 0. The van der Waals surface area contributed by atoms with Crippen molar-refractivity contribution in [2.24, 2.45) is 0 Å². The lowest BCUT2D eigenvalue weighted by Crippen LogP contribution is -2.33. The fourth-order valence-electron chi connectivity index (χ4n) is 3.40. The van der Waals surface area contributed by atoms with Gasteiger partial charge in [-0.15, -0.1) is 0 Å². The molecule has 1 aliphatic rings. The van der Waals surface area contributed by atoms with Crippen molar-refractivity contribution in [3.05, 3.63) is 89.2 Å². The number of ether oxygens (including phenoxy) is 1. The minimum absolute atomic E-state index is 0.194. The van der Waals surface area contributed by atoms with Crippen molar-refractivity contribution >= 4 is 11.9 Å². The van der Waals surface area contributed by atoms with E-state index in [0.717, 1.165) is 29.9 Å². The second kappa shape index (κ2) is 7.95. The van der Waals surface area contributed by atoms with Gasteiger partial charge >= 0.3 is 5.97 Å². The second-order valence-corrected chi connectivity index (χ2v) is 7.48. The summed E-state index contributed by atoms with van der Waals surface area (Å²) < 4.78 is 7.75. The van der Waals surface area contributed by atoms with E-state index < -0.39 is 12.1 Å². The molecule has 0 radical (unpaired) electrons. The zero-order valence-electron chi connectivity index (χ0n) is 16.6. The van der Waals surface area contributed by atoms with Crippen LogP contribution in [0.15, 0.2) is 66.7 Å². The smallest absolute Gasteiger partial charge is 0.339 e. The predicted octanol–water partition coefficient (Wildman–Crippen LogP) is 4.27. The molecule has 1 saturated carbocycles. The molecule has 2 aromatic carbocycles. The second-order valence-electron chi connectivity index (χ2n) is 7.48. The third-order valence-electron chi connectivity index (χ3n) is 5.12. The van der Waals surface area contributed by atoms with Crippen molar-refractivity contribution in [2.45, 2.75) is 38.8 Å². The Hall–Kier alpha value is -3.34. The van der Waals surface area contributed by atoms with Gasteiger partial charge in [-0.2, -0.15) is 0 Å². The van der Waals surface area contributed by atoms with Crippen LogP contribution in [-0.4, -0.2) is 22.5 Å². The molecule has 1 aromatic heterocycles. The van der Waals surface area contributed by atoms with E-state index >= 15 is 0 Å². The van der Waals surface area contributed by atoms with Crippen LogP contribution in [0.3, 0.4) is 0 Å². The van der Waals surface area contributed by atoms with E-state index in [2.05, 4.69) is 22.0 Å². The van der Waals surface area contributed by atoms with E-state index in [1.807, 2.05) is 44.2 Å². The number of hydrogen-bond donors (Lipinski definition) is 1. The van der Waals surface area contributed by atoms with Crippen LogP contribution in [0.25, 0.3) is 5.69 Å². The van der Waals surface area contributed by atoms with E-state index in [4.69, 9.17) is 4.74 Å². The molecule has 1 heterocycles. The maximum absolute atomic E-state index is 12.8. The van der Waals surface area contributed by atoms with Crippen molar-refractivity contribution in [1.29, 1.82) is 0 Å². The van der Waals surface area contributed by atoms with Gasteiger partial charge in [0.25, 0.3) is 5.91 Å². The number of rotatable bonds is 6. The number of carbonyl (C=O) groups excluding carboxylic acids is 2. The molecule has 148 valence electrons. The van der Waals surface area contributed by atoms with Gasteiger partial charge in [0.15, 0.2) is 0 Å².